The van der Waals surface area contributed by atoms with Crippen molar-refractivity contribution in [3.05, 3.63) is 23.9 Å². The molecule has 1 aromatic rings. The number of carboxylic acids is 1. The van der Waals surface area contributed by atoms with Crippen molar-refractivity contribution >= 4 is 11.9 Å². The molecule has 2 N–H and O–H groups in total. The van der Waals surface area contributed by atoms with E-state index in [2.05, 4.69) is 10.3 Å². The minimum Gasteiger partial charge on any atom is -0.481 e. The van der Waals surface area contributed by atoms with E-state index in [1.54, 1.807) is 12.3 Å². The van der Waals surface area contributed by atoms with Gasteiger partial charge in [-0.15, -0.1) is 0 Å². The zero-order valence-electron chi connectivity index (χ0n) is 11.2. The quantitative estimate of drug-likeness (QED) is 0.780. The van der Waals surface area contributed by atoms with Crippen LogP contribution in [0.1, 0.15) is 12.0 Å². The van der Waals surface area contributed by atoms with Gasteiger partial charge in [-0.05, 0) is 6.07 Å². The summed E-state index contributed by atoms with van der Waals surface area (Å²) in [5.41, 5.74) is 0.833. The largest absolute Gasteiger partial charge is 0.481 e. The summed E-state index contributed by atoms with van der Waals surface area (Å²) in [6, 6.07) is 2.98. The summed E-state index contributed by atoms with van der Waals surface area (Å²) in [5.74, 6) is -0.746. The molecule has 0 radical (unpaired) electrons. The normalized spacial score (nSPS) is 19.4. The lowest BCUT2D eigenvalue weighted by molar-refractivity contribution is -0.143. The van der Waals surface area contributed by atoms with Gasteiger partial charge in [-0.1, -0.05) is 6.07 Å². The van der Waals surface area contributed by atoms with E-state index in [0.717, 1.165) is 5.56 Å². The Morgan fingerprint density at radius 1 is 1.65 bits per heavy atom. The van der Waals surface area contributed by atoms with Crippen LogP contribution in [0.3, 0.4) is 0 Å². The number of pyridine rings is 1. The highest BCUT2D eigenvalue weighted by Gasteiger charge is 2.31. The first kappa shape index (κ1) is 14.3. The molecular weight excluding hydrogens is 262 g/mol. The SMILES string of the molecule is COc1ncccc1CN1CCNC(=O)C1CC(=O)O. The van der Waals surface area contributed by atoms with E-state index in [4.69, 9.17) is 9.84 Å². The number of rotatable bonds is 5. The summed E-state index contributed by atoms with van der Waals surface area (Å²) in [6.07, 6.45) is 1.41. The summed E-state index contributed by atoms with van der Waals surface area (Å²) in [6.45, 7) is 1.54. The predicted molar refractivity (Wildman–Crippen MR) is 70.2 cm³/mol. The van der Waals surface area contributed by atoms with Gasteiger partial charge in [0.05, 0.1) is 13.5 Å². The van der Waals surface area contributed by atoms with Gasteiger partial charge in [0.1, 0.15) is 6.04 Å². The molecule has 0 saturated carbocycles. The average Bonchev–Trinajstić information content (AvgIpc) is 2.43. The number of aromatic nitrogens is 1. The number of carbonyl (C=O) groups is 2. The predicted octanol–water partition coefficient (Wildman–Crippen LogP) is -0.135. The molecule has 1 unspecified atom stereocenters. The third kappa shape index (κ3) is 3.24. The number of hydrogen-bond acceptors (Lipinski definition) is 5. The molecule has 1 fully saturated rings. The highest BCUT2D eigenvalue weighted by Crippen LogP contribution is 2.19. The van der Waals surface area contributed by atoms with Crippen LogP contribution in [0.2, 0.25) is 0 Å². The molecule has 1 atom stereocenters. The van der Waals surface area contributed by atoms with E-state index >= 15 is 0 Å². The van der Waals surface area contributed by atoms with Crippen molar-refractivity contribution in [1.82, 2.24) is 15.2 Å². The maximum absolute atomic E-state index is 11.8. The molecule has 1 saturated heterocycles. The number of carboxylic acid groups (broad SMARTS) is 1. The number of methoxy groups -OCH3 is 1. The highest BCUT2D eigenvalue weighted by atomic mass is 16.5. The van der Waals surface area contributed by atoms with Crippen LogP contribution < -0.4 is 10.1 Å². The van der Waals surface area contributed by atoms with Crippen LogP contribution in [-0.2, 0) is 16.1 Å². The summed E-state index contributed by atoms with van der Waals surface area (Å²) < 4.78 is 5.18. The Labute approximate surface area is 116 Å². The van der Waals surface area contributed by atoms with Crippen LogP contribution in [-0.4, -0.2) is 53.1 Å². The minimum atomic E-state index is -0.991. The van der Waals surface area contributed by atoms with Gasteiger partial charge in [0.2, 0.25) is 11.8 Å². The first-order chi connectivity index (χ1) is 9.61. The molecule has 0 spiro atoms. The van der Waals surface area contributed by atoms with Gasteiger partial charge >= 0.3 is 5.97 Å². The second kappa shape index (κ2) is 6.33. The molecule has 7 nitrogen and oxygen atoms in total. The maximum atomic E-state index is 11.8. The molecule has 2 rings (SSSR count). The molecule has 108 valence electrons. The second-order valence-corrected chi connectivity index (χ2v) is 4.55. The minimum absolute atomic E-state index is 0.214. The summed E-state index contributed by atoms with van der Waals surface area (Å²) >= 11 is 0. The van der Waals surface area contributed by atoms with Crippen molar-refractivity contribution in [1.29, 1.82) is 0 Å². The van der Waals surface area contributed by atoms with Gasteiger partial charge in [-0.2, -0.15) is 0 Å². The lowest BCUT2D eigenvalue weighted by atomic mass is 10.1. The standard InChI is InChI=1S/C13H17N3O4/c1-20-13-9(3-2-4-15-13)8-16-6-5-14-12(19)10(16)7-11(17)18/h2-4,10H,5-8H2,1H3,(H,14,19)(H,17,18). The van der Waals surface area contributed by atoms with E-state index in [1.807, 2.05) is 11.0 Å². The van der Waals surface area contributed by atoms with Gasteiger partial charge < -0.3 is 15.2 Å². The van der Waals surface area contributed by atoms with Crippen molar-refractivity contribution in [3.63, 3.8) is 0 Å². The Morgan fingerprint density at radius 2 is 2.45 bits per heavy atom. The van der Waals surface area contributed by atoms with Crippen molar-refractivity contribution in [2.45, 2.75) is 19.0 Å². The van der Waals surface area contributed by atoms with Crippen molar-refractivity contribution in [2.75, 3.05) is 20.2 Å². The number of nitrogens with zero attached hydrogens (tertiary/aromatic N) is 2. The number of carbonyl (C=O) groups excluding carboxylic acids is 1. The molecule has 0 bridgehead atoms. The Kier molecular flexibility index (Phi) is 4.52. The van der Waals surface area contributed by atoms with Crippen LogP contribution in [0, 0.1) is 0 Å². The van der Waals surface area contributed by atoms with Gasteiger partial charge in [0.25, 0.3) is 0 Å². The number of amides is 1. The van der Waals surface area contributed by atoms with Crippen molar-refractivity contribution < 1.29 is 19.4 Å². The molecule has 1 aliphatic heterocycles. The van der Waals surface area contributed by atoms with Crippen LogP contribution in [0.15, 0.2) is 18.3 Å². The maximum Gasteiger partial charge on any atom is 0.305 e. The number of nitrogens with one attached hydrogen (secondary N) is 1. The van der Waals surface area contributed by atoms with Crippen LogP contribution >= 0.6 is 0 Å². The first-order valence-corrected chi connectivity index (χ1v) is 6.33. The van der Waals surface area contributed by atoms with Gasteiger partial charge in [0.15, 0.2) is 0 Å². The van der Waals surface area contributed by atoms with Crippen LogP contribution in [0.5, 0.6) is 5.88 Å². The Hall–Kier alpha value is -2.15. The fraction of sp³-hybridized carbons (Fsp3) is 0.462. The van der Waals surface area contributed by atoms with Crippen LogP contribution in [0.4, 0.5) is 0 Å². The molecular formula is C13H17N3O4. The second-order valence-electron chi connectivity index (χ2n) is 4.55. The zero-order chi connectivity index (χ0) is 14.5. The molecule has 2 heterocycles. The third-order valence-electron chi connectivity index (χ3n) is 3.23. The van der Waals surface area contributed by atoms with Gasteiger partial charge in [-0.3, -0.25) is 14.5 Å². The molecule has 1 aliphatic rings. The molecule has 0 aliphatic carbocycles. The molecule has 1 aromatic heterocycles. The highest BCUT2D eigenvalue weighted by molar-refractivity contribution is 5.86. The van der Waals surface area contributed by atoms with E-state index in [1.165, 1.54) is 7.11 Å². The third-order valence-corrected chi connectivity index (χ3v) is 3.23. The monoisotopic (exact) mass is 279 g/mol. The smallest absolute Gasteiger partial charge is 0.305 e. The first-order valence-electron chi connectivity index (χ1n) is 6.33. The molecule has 0 aromatic carbocycles. The Balaban J connectivity index is 2.16. The van der Waals surface area contributed by atoms with E-state index < -0.39 is 12.0 Å². The zero-order valence-corrected chi connectivity index (χ0v) is 11.2. The number of aliphatic carboxylic acids is 1. The lowest BCUT2D eigenvalue weighted by Crippen LogP contribution is -2.55. The average molecular weight is 279 g/mol. The Bertz CT molecular complexity index is 506. The summed E-state index contributed by atoms with van der Waals surface area (Å²) in [4.78, 5) is 28.7. The lowest BCUT2D eigenvalue weighted by Gasteiger charge is -2.34. The summed E-state index contributed by atoms with van der Waals surface area (Å²) in [5, 5.41) is 11.6. The van der Waals surface area contributed by atoms with E-state index in [-0.39, 0.29) is 12.3 Å². The van der Waals surface area contributed by atoms with E-state index in [9.17, 15) is 9.59 Å². The Morgan fingerprint density at radius 3 is 3.15 bits per heavy atom. The van der Waals surface area contributed by atoms with Gasteiger partial charge in [0, 0.05) is 31.4 Å². The van der Waals surface area contributed by atoms with Crippen molar-refractivity contribution in [2.24, 2.45) is 0 Å². The van der Waals surface area contributed by atoms with Crippen LogP contribution in [0.25, 0.3) is 0 Å². The van der Waals surface area contributed by atoms with Crippen molar-refractivity contribution in [3.8, 4) is 5.88 Å². The molecule has 20 heavy (non-hydrogen) atoms. The number of piperazine rings is 1. The topological polar surface area (TPSA) is 91.8 Å². The fourth-order valence-electron chi connectivity index (χ4n) is 2.29. The molecule has 7 heteroatoms. The number of ether oxygens (including phenoxy) is 1. The number of hydrogen-bond donors (Lipinski definition) is 2. The summed E-state index contributed by atoms with van der Waals surface area (Å²) in [7, 11) is 1.53. The van der Waals surface area contributed by atoms with E-state index in [0.29, 0.717) is 25.5 Å². The molecule has 1 amide bonds. The van der Waals surface area contributed by atoms with Gasteiger partial charge in [-0.25, -0.2) is 4.98 Å². The fourth-order valence-corrected chi connectivity index (χ4v) is 2.29.